The molecule has 5 rings (SSSR count). The van der Waals surface area contributed by atoms with Gasteiger partial charge < -0.3 is 14.8 Å². The van der Waals surface area contributed by atoms with Gasteiger partial charge in [0.05, 0.1) is 23.1 Å². The van der Waals surface area contributed by atoms with Gasteiger partial charge >= 0.3 is 6.18 Å². The van der Waals surface area contributed by atoms with Gasteiger partial charge in [0.15, 0.2) is 0 Å². The van der Waals surface area contributed by atoms with Gasteiger partial charge in [0.25, 0.3) is 0 Å². The fourth-order valence-corrected chi connectivity index (χ4v) is 5.75. The summed E-state index contributed by atoms with van der Waals surface area (Å²) in [5.41, 5.74) is 0.217. The lowest BCUT2D eigenvalue weighted by atomic mass is 9.70. The number of hydrogen-bond acceptors (Lipinski definition) is 4. The highest BCUT2D eigenvalue weighted by atomic mass is 19.4. The lowest BCUT2D eigenvalue weighted by Crippen LogP contribution is -2.48. The van der Waals surface area contributed by atoms with Crippen molar-refractivity contribution in [2.75, 3.05) is 31.1 Å². The van der Waals surface area contributed by atoms with Crippen molar-refractivity contribution in [3.63, 3.8) is 0 Å². The molecule has 1 amide bonds. The number of hydrogen-bond donors (Lipinski definition) is 1. The predicted molar refractivity (Wildman–Crippen MR) is 125 cm³/mol. The summed E-state index contributed by atoms with van der Waals surface area (Å²) in [5, 5.41) is 12.3. The Morgan fingerprint density at radius 1 is 1.23 bits per heavy atom. The van der Waals surface area contributed by atoms with E-state index in [9.17, 15) is 18.0 Å². The first-order valence-electron chi connectivity index (χ1n) is 12.2. The topological polar surface area (TPSA) is 64.3 Å². The number of nitrogens with zero attached hydrogens (tertiary/aromatic N) is 4. The summed E-state index contributed by atoms with van der Waals surface area (Å²) in [6, 6.07) is 9.99. The van der Waals surface area contributed by atoms with Crippen LogP contribution in [0.2, 0.25) is 0 Å². The molecule has 3 fully saturated rings. The maximum absolute atomic E-state index is 13.5. The molecule has 2 aliphatic heterocycles. The molecule has 9 heteroatoms. The lowest BCUT2D eigenvalue weighted by molar-refractivity contribution is -0.137. The number of aryl methyl sites for hydroxylation is 1. The maximum Gasteiger partial charge on any atom is 0.417 e. The molecule has 1 saturated carbocycles. The second kappa shape index (κ2) is 8.90. The molecule has 1 unspecified atom stereocenters. The zero-order chi connectivity index (χ0) is 24.8. The first-order valence-corrected chi connectivity index (χ1v) is 12.2. The number of carbonyl (C=O) groups is 1. The monoisotopic (exact) mass is 485 g/mol. The Balaban J connectivity index is 1.34. The zero-order valence-electron chi connectivity index (χ0n) is 19.8. The van der Waals surface area contributed by atoms with Gasteiger partial charge in [-0.25, -0.2) is 0 Å². The average molecular weight is 486 g/mol. The van der Waals surface area contributed by atoms with E-state index in [1.54, 1.807) is 12.1 Å². The molecule has 2 aromatic rings. The molecule has 35 heavy (non-hydrogen) atoms. The van der Waals surface area contributed by atoms with Crippen molar-refractivity contribution in [3.05, 3.63) is 53.3 Å². The van der Waals surface area contributed by atoms with E-state index in [1.165, 1.54) is 11.8 Å². The van der Waals surface area contributed by atoms with Gasteiger partial charge in [-0.1, -0.05) is 0 Å². The molecule has 0 radical (unpaired) electrons. The molecule has 6 nitrogen and oxygen atoms in total. The summed E-state index contributed by atoms with van der Waals surface area (Å²) >= 11 is 0. The van der Waals surface area contributed by atoms with E-state index in [-0.39, 0.29) is 22.8 Å². The molecule has 3 heterocycles. The van der Waals surface area contributed by atoms with E-state index in [0.29, 0.717) is 31.4 Å². The van der Waals surface area contributed by atoms with Crippen molar-refractivity contribution >= 4 is 11.6 Å². The van der Waals surface area contributed by atoms with E-state index in [1.807, 2.05) is 24.2 Å². The molecule has 0 bridgehead atoms. The van der Waals surface area contributed by atoms with Crippen LogP contribution < -0.4 is 10.2 Å². The third-order valence-corrected chi connectivity index (χ3v) is 7.95. The molecule has 1 spiro atoms. The molecule has 1 atom stereocenters. The third kappa shape index (κ3) is 4.76. The number of anilines is 1. The highest BCUT2D eigenvalue weighted by Gasteiger charge is 2.51. The van der Waals surface area contributed by atoms with E-state index in [2.05, 4.69) is 20.9 Å². The highest BCUT2D eigenvalue weighted by molar-refractivity contribution is 5.81. The molecule has 1 aliphatic carbocycles. The van der Waals surface area contributed by atoms with Crippen molar-refractivity contribution in [1.29, 1.82) is 5.26 Å². The summed E-state index contributed by atoms with van der Waals surface area (Å²) in [6.07, 6.45) is 0.983. The molecular weight excluding hydrogens is 455 g/mol. The van der Waals surface area contributed by atoms with Gasteiger partial charge in [0.2, 0.25) is 5.91 Å². The Kier molecular flexibility index (Phi) is 6.04. The van der Waals surface area contributed by atoms with Crippen LogP contribution in [0.25, 0.3) is 0 Å². The van der Waals surface area contributed by atoms with Crippen molar-refractivity contribution in [2.45, 2.75) is 44.4 Å². The zero-order valence-corrected chi connectivity index (χ0v) is 19.8. The van der Waals surface area contributed by atoms with Crippen LogP contribution in [-0.4, -0.2) is 47.6 Å². The van der Waals surface area contributed by atoms with Gasteiger partial charge in [-0.05, 0) is 61.4 Å². The molecule has 1 aromatic heterocycles. The Morgan fingerprint density at radius 2 is 1.97 bits per heavy atom. The molecular formula is C26H30F3N5O. The van der Waals surface area contributed by atoms with Gasteiger partial charge in [0.1, 0.15) is 0 Å². The Labute approximate surface area is 203 Å². The number of alkyl halides is 3. The predicted octanol–water partition coefficient (Wildman–Crippen LogP) is 3.91. The second-order valence-electron chi connectivity index (χ2n) is 10.3. The van der Waals surface area contributed by atoms with E-state index in [0.717, 1.165) is 44.8 Å². The van der Waals surface area contributed by atoms with Crippen LogP contribution in [-0.2, 0) is 24.6 Å². The minimum atomic E-state index is -4.58. The maximum atomic E-state index is 13.5. The third-order valence-electron chi connectivity index (χ3n) is 7.95. The average Bonchev–Trinajstić information content (AvgIpc) is 3.45. The van der Waals surface area contributed by atoms with Gasteiger partial charge in [0, 0.05) is 63.4 Å². The van der Waals surface area contributed by atoms with Gasteiger partial charge in [-0.15, -0.1) is 0 Å². The van der Waals surface area contributed by atoms with Crippen LogP contribution in [0, 0.1) is 22.7 Å². The van der Waals surface area contributed by atoms with Crippen LogP contribution in [0.5, 0.6) is 0 Å². The molecule has 1 aromatic carbocycles. The summed E-state index contributed by atoms with van der Waals surface area (Å²) in [7, 11) is 2.02. The van der Waals surface area contributed by atoms with Crippen LogP contribution in [0.3, 0.4) is 0 Å². The van der Waals surface area contributed by atoms with Crippen molar-refractivity contribution in [3.8, 4) is 6.07 Å². The molecule has 2 saturated heterocycles. The number of aromatic nitrogens is 1. The van der Waals surface area contributed by atoms with Crippen molar-refractivity contribution in [1.82, 2.24) is 14.8 Å². The van der Waals surface area contributed by atoms with E-state index < -0.39 is 11.7 Å². The highest BCUT2D eigenvalue weighted by Crippen LogP contribution is 2.46. The number of nitrogens with one attached hydrogen (secondary N) is 1. The largest absolute Gasteiger partial charge is 0.417 e. The Hall–Kier alpha value is -2.99. The fourth-order valence-electron chi connectivity index (χ4n) is 5.75. The van der Waals surface area contributed by atoms with Crippen LogP contribution in [0.4, 0.5) is 18.9 Å². The first-order chi connectivity index (χ1) is 16.7. The summed E-state index contributed by atoms with van der Waals surface area (Å²) in [5.74, 6) is -0.00900. The molecule has 186 valence electrons. The number of halogens is 3. The quantitative estimate of drug-likeness (QED) is 0.698. The SMILES string of the molecule is Cn1cccc1CN1CC(C(=O)NC2CC2)C2(CCN(c3ccc(C#N)c(C(F)(F)F)c3)CC2)C1. The number of nitriles is 1. The van der Waals surface area contributed by atoms with Crippen molar-refractivity contribution in [2.24, 2.45) is 18.4 Å². The smallest absolute Gasteiger partial charge is 0.371 e. The number of rotatable bonds is 5. The van der Waals surface area contributed by atoms with Crippen LogP contribution in [0.15, 0.2) is 36.5 Å². The van der Waals surface area contributed by atoms with Gasteiger partial charge in [-0.3, -0.25) is 9.69 Å². The van der Waals surface area contributed by atoms with Crippen LogP contribution in [0.1, 0.15) is 42.5 Å². The van der Waals surface area contributed by atoms with E-state index >= 15 is 0 Å². The molecule has 1 N–H and O–H groups in total. The summed E-state index contributed by atoms with van der Waals surface area (Å²) in [6.45, 7) is 3.42. The number of likely N-dealkylation sites (tertiary alicyclic amines) is 1. The first kappa shape index (κ1) is 23.7. The Morgan fingerprint density at radius 3 is 2.57 bits per heavy atom. The second-order valence-corrected chi connectivity index (χ2v) is 10.3. The van der Waals surface area contributed by atoms with E-state index in [4.69, 9.17) is 5.26 Å². The van der Waals surface area contributed by atoms with Crippen molar-refractivity contribution < 1.29 is 18.0 Å². The summed E-state index contributed by atoms with van der Waals surface area (Å²) < 4.78 is 42.5. The standard InChI is InChI=1S/C26H30F3N5O/c1-32-10-2-3-21(32)15-33-16-23(24(35)31-19-5-6-19)25(17-33)8-11-34(12-9-25)20-7-4-18(14-30)22(13-20)26(27,28)29/h2-4,7,10,13,19,23H,5-6,8-9,11-12,15-17H2,1H3,(H,31,35). The summed E-state index contributed by atoms with van der Waals surface area (Å²) in [4.78, 5) is 17.6. The van der Waals surface area contributed by atoms with Gasteiger partial charge in [-0.2, -0.15) is 18.4 Å². The minimum absolute atomic E-state index is 0.119. The van der Waals surface area contributed by atoms with Crippen LogP contribution >= 0.6 is 0 Å². The Bertz CT molecular complexity index is 1140. The number of carbonyl (C=O) groups excluding carboxylic acids is 1. The molecule has 3 aliphatic rings. The number of benzene rings is 1. The minimum Gasteiger partial charge on any atom is -0.371 e. The normalized spacial score (nSPS) is 22.4. The number of amides is 1. The fraction of sp³-hybridized carbons (Fsp3) is 0.538. The lowest BCUT2D eigenvalue weighted by Gasteiger charge is -2.43. The number of piperidine rings is 1.